The number of halogens is 2. The summed E-state index contributed by atoms with van der Waals surface area (Å²) in [7, 11) is -4.24. The summed E-state index contributed by atoms with van der Waals surface area (Å²) >= 11 is 12.0. The third-order valence-corrected chi connectivity index (χ3v) is 6.83. The van der Waals surface area contributed by atoms with Crippen molar-refractivity contribution in [3.63, 3.8) is 0 Å². The van der Waals surface area contributed by atoms with Crippen LogP contribution in [0.1, 0.15) is 25.6 Å². The van der Waals surface area contributed by atoms with Crippen molar-refractivity contribution in [2.75, 3.05) is 19.8 Å². The molecule has 1 aliphatic rings. The molecule has 1 fully saturated rings. The van der Waals surface area contributed by atoms with Crippen molar-refractivity contribution < 1.29 is 32.6 Å². The van der Waals surface area contributed by atoms with Crippen LogP contribution in [0.4, 0.5) is 0 Å². The molecular formula is C20H24Cl2N3O9P. The molecule has 35 heavy (non-hydrogen) atoms. The summed E-state index contributed by atoms with van der Waals surface area (Å²) in [4.78, 5) is 37.9. The van der Waals surface area contributed by atoms with Crippen molar-refractivity contribution in [2.24, 2.45) is 0 Å². The van der Waals surface area contributed by atoms with E-state index in [0.717, 1.165) is 0 Å². The Morgan fingerprint density at radius 3 is 2.80 bits per heavy atom. The molecule has 0 spiro atoms. The highest BCUT2D eigenvalue weighted by atomic mass is 35.5. The first-order valence-electron chi connectivity index (χ1n) is 10.4. The first-order chi connectivity index (χ1) is 16.5. The maximum absolute atomic E-state index is 13.5. The average Bonchev–Trinajstić information content (AvgIpc) is 3.26. The molecule has 1 aromatic heterocycles. The number of H-pyrrole nitrogens is 1. The zero-order chi connectivity index (χ0) is 25.8. The highest BCUT2D eigenvalue weighted by Gasteiger charge is 2.36. The van der Waals surface area contributed by atoms with Crippen molar-refractivity contribution >= 4 is 36.9 Å². The van der Waals surface area contributed by atoms with Gasteiger partial charge < -0.3 is 18.7 Å². The van der Waals surface area contributed by atoms with Gasteiger partial charge in [-0.15, -0.1) is 0 Å². The van der Waals surface area contributed by atoms with E-state index in [1.165, 1.54) is 42.8 Å². The van der Waals surface area contributed by atoms with Gasteiger partial charge in [0.2, 0.25) is 0 Å². The van der Waals surface area contributed by atoms with Crippen molar-refractivity contribution in [1.82, 2.24) is 14.6 Å². The molecule has 0 amide bonds. The van der Waals surface area contributed by atoms with Crippen LogP contribution in [0.2, 0.25) is 10.0 Å². The molecule has 2 heterocycles. The van der Waals surface area contributed by atoms with Crippen molar-refractivity contribution in [2.45, 2.75) is 39.3 Å². The maximum atomic E-state index is 13.5. The first-order valence-corrected chi connectivity index (χ1v) is 12.7. The summed E-state index contributed by atoms with van der Waals surface area (Å²) in [6.07, 6.45) is -0.558. The molecule has 15 heteroatoms. The lowest BCUT2D eigenvalue weighted by molar-refractivity contribution is -0.144. The summed E-state index contributed by atoms with van der Waals surface area (Å²) in [6.45, 7) is 4.26. The zero-order valence-electron chi connectivity index (χ0n) is 19.0. The number of aryl methyl sites for hydroxylation is 1. The van der Waals surface area contributed by atoms with Gasteiger partial charge in [-0.3, -0.25) is 23.7 Å². The minimum Gasteiger partial charge on any atom is -0.465 e. The molecule has 2 aromatic rings. The van der Waals surface area contributed by atoms with Crippen LogP contribution < -0.4 is 20.9 Å². The van der Waals surface area contributed by atoms with Crippen molar-refractivity contribution in [3.05, 3.63) is 60.8 Å². The van der Waals surface area contributed by atoms with E-state index in [4.69, 9.17) is 46.5 Å². The van der Waals surface area contributed by atoms with E-state index in [1.54, 1.807) is 6.92 Å². The van der Waals surface area contributed by atoms with Crippen LogP contribution in [0.15, 0.2) is 34.0 Å². The number of nitrogens with zero attached hydrogens (tertiary/aromatic N) is 1. The molecule has 1 unspecified atom stereocenters. The van der Waals surface area contributed by atoms with Gasteiger partial charge in [0.25, 0.3) is 5.56 Å². The van der Waals surface area contributed by atoms with Crippen LogP contribution in [0, 0.1) is 6.92 Å². The number of aromatic nitrogens is 2. The second kappa shape index (κ2) is 11.7. The van der Waals surface area contributed by atoms with Crippen LogP contribution >= 0.6 is 30.9 Å². The van der Waals surface area contributed by atoms with E-state index in [9.17, 15) is 18.9 Å². The highest BCUT2D eigenvalue weighted by Crippen LogP contribution is 2.47. The van der Waals surface area contributed by atoms with Gasteiger partial charge in [0.1, 0.15) is 18.4 Å². The maximum Gasteiger partial charge on any atom is 0.459 e. The fraction of sp³-hybridized carbons (Fsp3) is 0.450. The van der Waals surface area contributed by atoms with E-state index < -0.39 is 50.1 Å². The molecule has 0 aliphatic carbocycles. The van der Waals surface area contributed by atoms with Gasteiger partial charge in [-0.05, 0) is 39.0 Å². The van der Waals surface area contributed by atoms with Gasteiger partial charge in [0.15, 0.2) is 12.5 Å². The standard InChI is InChI=1S/C20H24Cl2N3O9P/c1-4-30-19(27)12(3)24-35(29,34-15-6-5-13(21)7-14(15)22)32-10-17-31-9-16(33-17)25-8-11(2)18(26)23-20(25)28/h5-8,12,16-17H,4,9-10H2,1-3H3,(H,24,29)(H,23,26,28)/t12-,16+,17+,35?/m0/s1. The molecule has 1 aliphatic heterocycles. The molecule has 12 nitrogen and oxygen atoms in total. The Kier molecular flexibility index (Phi) is 9.16. The molecule has 0 saturated carbocycles. The van der Waals surface area contributed by atoms with Gasteiger partial charge in [0, 0.05) is 16.8 Å². The molecule has 4 atom stereocenters. The number of aromatic amines is 1. The Balaban J connectivity index is 1.73. The predicted octanol–water partition coefficient (Wildman–Crippen LogP) is 2.77. The Morgan fingerprint density at radius 2 is 2.11 bits per heavy atom. The van der Waals surface area contributed by atoms with Gasteiger partial charge in [-0.1, -0.05) is 23.2 Å². The monoisotopic (exact) mass is 551 g/mol. The molecule has 0 radical (unpaired) electrons. The number of hydrogen-bond donors (Lipinski definition) is 2. The molecule has 192 valence electrons. The number of ether oxygens (including phenoxy) is 3. The van der Waals surface area contributed by atoms with Crippen molar-refractivity contribution in [3.8, 4) is 5.75 Å². The summed E-state index contributed by atoms with van der Waals surface area (Å²) in [5.74, 6) is -0.687. The lowest BCUT2D eigenvalue weighted by Gasteiger charge is -2.24. The summed E-state index contributed by atoms with van der Waals surface area (Å²) in [5, 5.41) is 2.89. The minimum absolute atomic E-state index is 0.00985. The Labute approximate surface area is 210 Å². The fourth-order valence-corrected chi connectivity index (χ4v) is 4.96. The Hall–Kier alpha value is -2.18. The fourth-order valence-electron chi connectivity index (χ4n) is 2.96. The normalized spacial score (nSPS) is 20.3. The van der Waals surface area contributed by atoms with Crippen LogP contribution in [-0.2, 0) is 28.1 Å². The van der Waals surface area contributed by atoms with Gasteiger partial charge in [-0.2, -0.15) is 5.09 Å². The Bertz CT molecular complexity index is 1240. The molecule has 1 aromatic carbocycles. The second-order valence-corrected chi connectivity index (χ2v) is 9.93. The molecule has 2 N–H and O–H groups in total. The van der Waals surface area contributed by atoms with Gasteiger partial charge in [0.05, 0.1) is 18.2 Å². The van der Waals surface area contributed by atoms with Crippen LogP contribution in [0.5, 0.6) is 5.75 Å². The third kappa shape index (κ3) is 7.17. The molecule has 0 bridgehead atoms. The zero-order valence-corrected chi connectivity index (χ0v) is 21.4. The van der Waals surface area contributed by atoms with E-state index in [1.807, 2.05) is 0 Å². The number of esters is 1. The number of benzene rings is 1. The number of hydrogen-bond acceptors (Lipinski definition) is 9. The van der Waals surface area contributed by atoms with Crippen LogP contribution in [0.3, 0.4) is 0 Å². The number of carbonyl (C=O) groups is 1. The highest BCUT2D eigenvalue weighted by molar-refractivity contribution is 7.52. The summed E-state index contributed by atoms with van der Waals surface area (Å²) in [5.41, 5.74) is -0.874. The van der Waals surface area contributed by atoms with E-state index >= 15 is 0 Å². The third-order valence-electron chi connectivity index (χ3n) is 4.67. The summed E-state index contributed by atoms with van der Waals surface area (Å²) < 4.78 is 41.8. The predicted molar refractivity (Wildman–Crippen MR) is 126 cm³/mol. The number of carbonyl (C=O) groups excluding carboxylic acids is 1. The number of rotatable bonds is 10. The smallest absolute Gasteiger partial charge is 0.459 e. The van der Waals surface area contributed by atoms with E-state index in [-0.39, 0.29) is 24.0 Å². The quantitative estimate of drug-likeness (QED) is 0.333. The van der Waals surface area contributed by atoms with Crippen LogP contribution in [-0.4, -0.2) is 47.7 Å². The second-order valence-electron chi connectivity index (χ2n) is 7.39. The largest absolute Gasteiger partial charge is 0.465 e. The minimum atomic E-state index is -4.24. The topological polar surface area (TPSA) is 147 Å². The van der Waals surface area contributed by atoms with E-state index in [0.29, 0.717) is 10.6 Å². The molecule has 3 rings (SSSR count). The van der Waals surface area contributed by atoms with E-state index in [2.05, 4.69) is 10.1 Å². The van der Waals surface area contributed by atoms with Gasteiger partial charge in [-0.25, -0.2) is 9.36 Å². The molecular weight excluding hydrogens is 528 g/mol. The van der Waals surface area contributed by atoms with Crippen molar-refractivity contribution in [1.29, 1.82) is 0 Å². The Morgan fingerprint density at radius 1 is 1.37 bits per heavy atom. The first kappa shape index (κ1) is 27.4. The lowest BCUT2D eigenvalue weighted by atomic mass is 10.3. The SMILES string of the molecule is CCOC(=O)[C@H](C)NP(=O)(OC[C@@H]1OC[C@H](n2cc(C)c(=O)[nH]c2=O)O1)Oc1ccc(Cl)cc1Cl. The number of nitrogens with one attached hydrogen (secondary N) is 2. The summed E-state index contributed by atoms with van der Waals surface area (Å²) in [6, 6.07) is 3.18. The van der Waals surface area contributed by atoms with Gasteiger partial charge >= 0.3 is 19.4 Å². The molecule has 1 saturated heterocycles. The lowest BCUT2D eigenvalue weighted by Crippen LogP contribution is -2.36. The average molecular weight is 552 g/mol. The van der Waals surface area contributed by atoms with Crippen LogP contribution in [0.25, 0.3) is 0 Å².